The number of pyridine rings is 1. The molecule has 0 amide bonds. The summed E-state index contributed by atoms with van der Waals surface area (Å²) in [6.07, 6.45) is 1.43. The highest BCUT2D eigenvalue weighted by molar-refractivity contribution is 7.92. The third-order valence-electron chi connectivity index (χ3n) is 3.16. The van der Waals surface area contributed by atoms with E-state index in [1.54, 1.807) is 12.1 Å². The molecule has 9 heteroatoms. The van der Waals surface area contributed by atoms with Crippen molar-refractivity contribution in [1.82, 2.24) is 9.97 Å². The summed E-state index contributed by atoms with van der Waals surface area (Å²) in [6.45, 7) is 3.96. The SMILES string of the molecule is CC(C)Nc1ccc(NS(=O)(=O)c2ccc3[nH]c(=O)oc3c2)cn1. The van der Waals surface area contributed by atoms with Gasteiger partial charge < -0.3 is 9.73 Å². The van der Waals surface area contributed by atoms with E-state index < -0.39 is 15.8 Å². The highest BCUT2D eigenvalue weighted by atomic mass is 32.2. The predicted octanol–water partition coefficient (Wildman–Crippen LogP) is 2.14. The topological polar surface area (TPSA) is 117 Å². The molecule has 126 valence electrons. The Morgan fingerprint density at radius 2 is 2.00 bits per heavy atom. The number of benzene rings is 1. The van der Waals surface area contributed by atoms with E-state index in [0.29, 0.717) is 17.0 Å². The van der Waals surface area contributed by atoms with Crippen LogP contribution >= 0.6 is 0 Å². The number of rotatable bonds is 5. The van der Waals surface area contributed by atoms with Gasteiger partial charge in [-0.25, -0.2) is 18.2 Å². The molecule has 0 bridgehead atoms. The second kappa shape index (κ2) is 6.00. The lowest BCUT2D eigenvalue weighted by Crippen LogP contribution is -2.14. The van der Waals surface area contributed by atoms with E-state index in [1.165, 1.54) is 24.4 Å². The Balaban J connectivity index is 1.85. The van der Waals surface area contributed by atoms with Crippen molar-refractivity contribution in [3.05, 3.63) is 47.1 Å². The predicted molar refractivity (Wildman–Crippen MR) is 90.6 cm³/mol. The van der Waals surface area contributed by atoms with Gasteiger partial charge in [-0.2, -0.15) is 0 Å². The highest BCUT2D eigenvalue weighted by Gasteiger charge is 2.16. The molecule has 3 N–H and O–H groups in total. The van der Waals surface area contributed by atoms with Crippen LogP contribution in [0.2, 0.25) is 0 Å². The maximum Gasteiger partial charge on any atom is 0.417 e. The Hall–Kier alpha value is -2.81. The molecule has 0 saturated heterocycles. The maximum absolute atomic E-state index is 12.4. The largest absolute Gasteiger partial charge is 0.417 e. The number of oxazole rings is 1. The van der Waals surface area contributed by atoms with Crippen LogP contribution in [0.4, 0.5) is 11.5 Å². The van der Waals surface area contributed by atoms with Crippen LogP contribution in [0.15, 0.2) is 50.6 Å². The van der Waals surface area contributed by atoms with Crippen LogP contribution in [0.25, 0.3) is 11.1 Å². The summed E-state index contributed by atoms with van der Waals surface area (Å²) in [6, 6.07) is 7.68. The normalized spacial score (nSPS) is 11.8. The van der Waals surface area contributed by atoms with Gasteiger partial charge in [-0.15, -0.1) is 0 Å². The van der Waals surface area contributed by atoms with Crippen molar-refractivity contribution in [2.24, 2.45) is 0 Å². The van der Waals surface area contributed by atoms with E-state index in [4.69, 9.17) is 4.42 Å². The van der Waals surface area contributed by atoms with Gasteiger partial charge in [0.1, 0.15) is 5.82 Å². The summed E-state index contributed by atoms with van der Waals surface area (Å²) in [4.78, 5) is 17.7. The lowest BCUT2D eigenvalue weighted by Gasteiger charge is -2.11. The second-order valence-corrected chi connectivity index (χ2v) is 7.19. The third kappa shape index (κ3) is 3.40. The van der Waals surface area contributed by atoms with E-state index in [-0.39, 0.29) is 16.5 Å². The van der Waals surface area contributed by atoms with Gasteiger partial charge in [0.25, 0.3) is 10.0 Å². The van der Waals surface area contributed by atoms with Gasteiger partial charge in [0, 0.05) is 12.1 Å². The molecule has 0 aliphatic carbocycles. The molecule has 0 aliphatic rings. The minimum Gasteiger partial charge on any atom is -0.408 e. The zero-order valence-corrected chi connectivity index (χ0v) is 13.8. The zero-order valence-electron chi connectivity index (χ0n) is 13.0. The summed E-state index contributed by atoms with van der Waals surface area (Å²) < 4.78 is 32.2. The first kappa shape index (κ1) is 16.1. The number of nitrogens with zero attached hydrogens (tertiary/aromatic N) is 1. The number of hydrogen-bond acceptors (Lipinski definition) is 6. The fourth-order valence-corrected chi connectivity index (χ4v) is 3.20. The molecule has 0 atom stereocenters. The second-order valence-electron chi connectivity index (χ2n) is 5.51. The molecule has 0 radical (unpaired) electrons. The first-order valence-electron chi connectivity index (χ1n) is 7.22. The van der Waals surface area contributed by atoms with Crippen LogP contribution in [-0.2, 0) is 10.0 Å². The van der Waals surface area contributed by atoms with Crippen molar-refractivity contribution < 1.29 is 12.8 Å². The number of hydrogen-bond donors (Lipinski definition) is 3. The Kier molecular flexibility index (Phi) is 4.02. The van der Waals surface area contributed by atoms with Gasteiger partial charge in [-0.1, -0.05) is 0 Å². The molecule has 3 aromatic rings. The molecule has 1 aromatic carbocycles. The molecule has 0 fully saturated rings. The van der Waals surface area contributed by atoms with Crippen molar-refractivity contribution in [3.63, 3.8) is 0 Å². The average Bonchev–Trinajstić information content (AvgIpc) is 2.87. The van der Waals surface area contributed by atoms with Gasteiger partial charge in [0.2, 0.25) is 0 Å². The van der Waals surface area contributed by atoms with E-state index in [9.17, 15) is 13.2 Å². The van der Waals surface area contributed by atoms with Crippen molar-refractivity contribution in [2.45, 2.75) is 24.8 Å². The summed E-state index contributed by atoms with van der Waals surface area (Å²) >= 11 is 0. The summed E-state index contributed by atoms with van der Waals surface area (Å²) in [5, 5.41) is 3.12. The van der Waals surface area contributed by atoms with Gasteiger partial charge in [0.05, 0.1) is 22.3 Å². The minimum absolute atomic E-state index is 0.0119. The first-order chi connectivity index (χ1) is 11.3. The van der Waals surface area contributed by atoms with Crippen molar-refractivity contribution in [3.8, 4) is 0 Å². The van der Waals surface area contributed by atoms with E-state index >= 15 is 0 Å². The van der Waals surface area contributed by atoms with Crippen molar-refractivity contribution in [1.29, 1.82) is 0 Å². The first-order valence-corrected chi connectivity index (χ1v) is 8.70. The highest BCUT2D eigenvalue weighted by Crippen LogP contribution is 2.20. The molecule has 24 heavy (non-hydrogen) atoms. The zero-order chi connectivity index (χ0) is 17.3. The smallest absolute Gasteiger partial charge is 0.408 e. The molecule has 0 saturated carbocycles. The van der Waals surface area contributed by atoms with Crippen molar-refractivity contribution in [2.75, 3.05) is 10.0 Å². The lowest BCUT2D eigenvalue weighted by molar-refractivity contribution is 0.554. The summed E-state index contributed by atoms with van der Waals surface area (Å²) in [5.74, 6) is 0.0217. The quantitative estimate of drug-likeness (QED) is 0.650. The minimum atomic E-state index is -3.82. The lowest BCUT2D eigenvalue weighted by atomic mass is 10.3. The van der Waals surface area contributed by atoms with Crippen molar-refractivity contribution >= 4 is 32.6 Å². The molecule has 3 rings (SSSR count). The number of sulfonamides is 1. The fraction of sp³-hybridized carbons (Fsp3) is 0.200. The number of nitrogens with one attached hydrogen (secondary N) is 3. The van der Waals surface area contributed by atoms with E-state index in [1.807, 2.05) is 13.8 Å². The van der Waals surface area contributed by atoms with Crippen LogP contribution < -0.4 is 15.8 Å². The molecule has 8 nitrogen and oxygen atoms in total. The molecular weight excluding hydrogens is 332 g/mol. The Labute approximate surface area is 138 Å². The Bertz CT molecular complexity index is 1020. The number of H-pyrrole nitrogens is 1. The summed E-state index contributed by atoms with van der Waals surface area (Å²) in [7, 11) is -3.82. The standard InChI is InChI=1S/C15H16N4O4S/c1-9(2)17-14-6-3-10(8-16-14)19-24(21,22)11-4-5-12-13(7-11)23-15(20)18-12/h3-9,19H,1-2H3,(H,16,17)(H,18,20). The van der Waals surface area contributed by atoms with Crippen LogP contribution in [0.5, 0.6) is 0 Å². The molecule has 2 aromatic heterocycles. The van der Waals surface area contributed by atoms with Crippen LogP contribution in [0.3, 0.4) is 0 Å². The maximum atomic E-state index is 12.4. The molecule has 0 spiro atoms. The van der Waals surface area contributed by atoms with Gasteiger partial charge >= 0.3 is 5.76 Å². The molecular formula is C15H16N4O4S. The van der Waals surface area contributed by atoms with E-state index in [0.717, 1.165) is 0 Å². The number of anilines is 2. The summed E-state index contributed by atoms with van der Waals surface area (Å²) in [5.41, 5.74) is 0.946. The number of aromatic amines is 1. The third-order valence-corrected chi connectivity index (χ3v) is 4.53. The molecule has 0 unspecified atom stereocenters. The fourth-order valence-electron chi connectivity index (χ4n) is 2.14. The van der Waals surface area contributed by atoms with Crippen LogP contribution in [0.1, 0.15) is 13.8 Å². The monoisotopic (exact) mass is 348 g/mol. The van der Waals surface area contributed by atoms with Gasteiger partial charge in [0.15, 0.2) is 5.58 Å². The Morgan fingerprint density at radius 3 is 2.67 bits per heavy atom. The average molecular weight is 348 g/mol. The molecule has 2 heterocycles. The Morgan fingerprint density at radius 1 is 1.21 bits per heavy atom. The number of aromatic nitrogens is 2. The van der Waals surface area contributed by atoms with Gasteiger partial charge in [-0.3, -0.25) is 9.71 Å². The van der Waals surface area contributed by atoms with Crippen LogP contribution in [0, 0.1) is 0 Å². The number of fused-ring (bicyclic) bond motifs is 1. The van der Waals surface area contributed by atoms with Crippen LogP contribution in [-0.4, -0.2) is 24.4 Å². The van der Waals surface area contributed by atoms with E-state index in [2.05, 4.69) is 20.0 Å². The van der Waals surface area contributed by atoms with Gasteiger partial charge in [-0.05, 0) is 38.1 Å². The molecule has 0 aliphatic heterocycles.